The van der Waals surface area contributed by atoms with E-state index in [-0.39, 0.29) is 18.4 Å². The van der Waals surface area contributed by atoms with Gasteiger partial charge < -0.3 is 25.0 Å². The molecular formula is C26H36N4O4. The summed E-state index contributed by atoms with van der Waals surface area (Å²) >= 11 is 0. The third-order valence-electron chi connectivity index (χ3n) is 5.70. The highest BCUT2D eigenvalue weighted by atomic mass is 16.5. The molecule has 0 saturated carbocycles. The monoisotopic (exact) mass is 468 g/mol. The first kappa shape index (κ1) is 25.5. The third kappa shape index (κ3) is 7.74. The lowest BCUT2D eigenvalue weighted by Gasteiger charge is -2.32. The lowest BCUT2D eigenvalue weighted by Crippen LogP contribution is -2.43. The van der Waals surface area contributed by atoms with Gasteiger partial charge in [0, 0.05) is 44.8 Å². The number of amides is 2. The Balaban J connectivity index is 1.46. The molecule has 8 nitrogen and oxygen atoms in total. The van der Waals surface area contributed by atoms with Crippen LogP contribution >= 0.6 is 0 Å². The molecule has 2 aromatic rings. The Morgan fingerprint density at radius 2 is 1.59 bits per heavy atom. The van der Waals surface area contributed by atoms with Gasteiger partial charge in [0.05, 0.1) is 19.8 Å². The number of carbonyl (C=O) groups excluding carboxylic acids is 2. The van der Waals surface area contributed by atoms with Gasteiger partial charge in [-0.15, -0.1) is 0 Å². The molecule has 0 radical (unpaired) electrons. The normalized spacial score (nSPS) is 14.4. The first-order chi connectivity index (χ1) is 16.5. The Bertz CT molecular complexity index is 958. The van der Waals surface area contributed by atoms with E-state index in [1.54, 1.807) is 18.2 Å². The minimum absolute atomic E-state index is 0.100. The average molecular weight is 469 g/mol. The number of likely N-dealkylation sites (N-methyl/N-ethyl adjacent to an activating group) is 1. The fraction of sp³-hybridized carbons (Fsp3) is 0.462. The number of hydrogen-bond acceptors (Lipinski definition) is 6. The van der Waals surface area contributed by atoms with Crippen molar-refractivity contribution in [3.8, 4) is 11.5 Å². The van der Waals surface area contributed by atoms with E-state index in [1.165, 1.54) is 5.56 Å². The Labute approximate surface area is 202 Å². The van der Waals surface area contributed by atoms with Gasteiger partial charge in [0.1, 0.15) is 0 Å². The number of carbonyl (C=O) groups is 2. The van der Waals surface area contributed by atoms with Gasteiger partial charge in [0.25, 0.3) is 5.91 Å². The summed E-state index contributed by atoms with van der Waals surface area (Å²) in [6.45, 7) is 10.3. The summed E-state index contributed by atoms with van der Waals surface area (Å²) in [5, 5.41) is 5.55. The molecule has 1 saturated heterocycles. The summed E-state index contributed by atoms with van der Waals surface area (Å²) in [4.78, 5) is 29.6. The summed E-state index contributed by atoms with van der Waals surface area (Å²) in [5.74, 6) is 0.522. The first-order valence-corrected chi connectivity index (χ1v) is 11.9. The second-order valence-corrected chi connectivity index (χ2v) is 8.39. The van der Waals surface area contributed by atoms with Crippen LogP contribution in [-0.2, 0) is 17.9 Å². The van der Waals surface area contributed by atoms with Crippen molar-refractivity contribution < 1.29 is 19.1 Å². The maximum absolute atomic E-state index is 12.5. The molecule has 0 bridgehead atoms. The minimum atomic E-state index is -0.340. The van der Waals surface area contributed by atoms with Gasteiger partial charge in [0.15, 0.2) is 11.5 Å². The SMILES string of the molecule is CCOc1ccc(C(=O)NCC(=O)NCc2cccc(CN3CCN(C)CC3)c2)cc1OCC. The summed E-state index contributed by atoms with van der Waals surface area (Å²) in [5.41, 5.74) is 2.70. The van der Waals surface area contributed by atoms with E-state index < -0.39 is 0 Å². The Morgan fingerprint density at radius 3 is 2.32 bits per heavy atom. The number of benzene rings is 2. The lowest BCUT2D eigenvalue weighted by molar-refractivity contribution is -0.120. The van der Waals surface area contributed by atoms with Gasteiger partial charge >= 0.3 is 0 Å². The van der Waals surface area contributed by atoms with E-state index in [4.69, 9.17) is 9.47 Å². The van der Waals surface area contributed by atoms with Crippen LogP contribution in [0, 0.1) is 0 Å². The van der Waals surface area contributed by atoms with Crippen LogP contribution in [0.2, 0.25) is 0 Å². The van der Waals surface area contributed by atoms with Crippen LogP contribution in [0.5, 0.6) is 11.5 Å². The maximum Gasteiger partial charge on any atom is 0.251 e. The summed E-state index contributed by atoms with van der Waals surface area (Å²) < 4.78 is 11.1. The van der Waals surface area contributed by atoms with Crippen LogP contribution in [0.4, 0.5) is 0 Å². The molecule has 2 aromatic carbocycles. The van der Waals surface area contributed by atoms with Crippen molar-refractivity contribution in [2.75, 3.05) is 53.0 Å². The van der Waals surface area contributed by atoms with Gasteiger partial charge in [-0.25, -0.2) is 0 Å². The van der Waals surface area contributed by atoms with Crippen molar-refractivity contribution in [2.45, 2.75) is 26.9 Å². The third-order valence-corrected chi connectivity index (χ3v) is 5.70. The second-order valence-electron chi connectivity index (χ2n) is 8.39. The summed E-state index contributed by atoms with van der Waals surface area (Å²) in [7, 11) is 2.15. The smallest absolute Gasteiger partial charge is 0.251 e. The van der Waals surface area contributed by atoms with Crippen molar-refractivity contribution in [1.29, 1.82) is 0 Å². The van der Waals surface area contributed by atoms with Crippen LogP contribution in [0.25, 0.3) is 0 Å². The molecule has 2 N–H and O–H groups in total. The molecule has 0 atom stereocenters. The number of nitrogens with one attached hydrogen (secondary N) is 2. The largest absolute Gasteiger partial charge is 0.490 e. The minimum Gasteiger partial charge on any atom is -0.490 e. The topological polar surface area (TPSA) is 83.1 Å². The standard InChI is InChI=1S/C26H36N4O4/c1-4-33-23-10-9-22(16-24(23)34-5-2)26(32)28-18-25(31)27-17-20-7-6-8-21(15-20)19-30-13-11-29(3)12-14-30/h6-10,15-16H,4-5,11-14,17-19H2,1-3H3,(H,27,31)(H,28,32). The Kier molecular flexibility index (Phi) is 9.73. The van der Waals surface area contributed by atoms with Crippen LogP contribution in [-0.4, -0.2) is 74.6 Å². The maximum atomic E-state index is 12.5. The number of hydrogen-bond donors (Lipinski definition) is 2. The van der Waals surface area contributed by atoms with E-state index in [0.29, 0.717) is 36.8 Å². The van der Waals surface area contributed by atoms with Crippen molar-refractivity contribution >= 4 is 11.8 Å². The van der Waals surface area contributed by atoms with Gasteiger partial charge in [-0.1, -0.05) is 24.3 Å². The van der Waals surface area contributed by atoms with E-state index in [2.05, 4.69) is 39.6 Å². The number of ether oxygens (including phenoxy) is 2. The molecule has 1 fully saturated rings. The molecule has 0 aliphatic carbocycles. The average Bonchev–Trinajstić information content (AvgIpc) is 2.84. The predicted molar refractivity (Wildman–Crippen MR) is 132 cm³/mol. The molecule has 2 amide bonds. The van der Waals surface area contributed by atoms with Crippen molar-refractivity contribution in [3.05, 3.63) is 59.2 Å². The Hall–Kier alpha value is -3.10. The highest BCUT2D eigenvalue weighted by Crippen LogP contribution is 2.28. The quantitative estimate of drug-likeness (QED) is 0.527. The highest BCUT2D eigenvalue weighted by molar-refractivity contribution is 5.97. The molecule has 8 heteroatoms. The van der Waals surface area contributed by atoms with E-state index in [1.807, 2.05) is 26.0 Å². The van der Waals surface area contributed by atoms with E-state index >= 15 is 0 Å². The number of rotatable bonds is 11. The number of nitrogens with zero attached hydrogens (tertiary/aromatic N) is 2. The van der Waals surface area contributed by atoms with Crippen LogP contribution in [0.1, 0.15) is 35.3 Å². The summed E-state index contributed by atoms with van der Waals surface area (Å²) in [6.07, 6.45) is 0. The van der Waals surface area contributed by atoms with E-state index in [0.717, 1.165) is 38.3 Å². The molecule has 1 aliphatic rings. The zero-order chi connectivity index (χ0) is 24.3. The van der Waals surface area contributed by atoms with Crippen LogP contribution in [0.3, 0.4) is 0 Å². The van der Waals surface area contributed by atoms with Crippen molar-refractivity contribution in [3.63, 3.8) is 0 Å². The van der Waals surface area contributed by atoms with Gasteiger partial charge in [-0.05, 0) is 50.2 Å². The van der Waals surface area contributed by atoms with Crippen molar-refractivity contribution in [1.82, 2.24) is 20.4 Å². The fourth-order valence-electron chi connectivity index (χ4n) is 3.82. The fourth-order valence-corrected chi connectivity index (χ4v) is 3.82. The van der Waals surface area contributed by atoms with Gasteiger partial charge in [-0.3, -0.25) is 14.5 Å². The molecule has 0 aromatic heterocycles. The highest BCUT2D eigenvalue weighted by Gasteiger charge is 2.15. The molecule has 1 heterocycles. The zero-order valence-electron chi connectivity index (χ0n) is 20.4. The molecule has 0 unspecified atom stereocenters. The van der Waals surface area contributed by atoms with Crippen molar-refractivity contribution in [2.24, 2.45) is 0 Å². The van der Waals surface area contributed by atoms with E-state index in [9.17, 15) is 9.59 Å². The molecule has 184 valence electrons. The van der Waals surface area contributed by atoms with Crippen LogP contribution in [0.15, 0.2) is 42.5 Å². The number of piperazine rings is 1. The molecule has 3 rings (SSSR count). The van der Waals surface area contributed by atoms with Crippen LogP contribution < -0.4 is 20.1 Å². The van der Waals surface area contributed by atoms with Gasteiger partial charge in [-0.2, -0.15) is 0 Å². The van der Waals surface area contributed by atoms with Gasteiger partial charge in [0.2, 0.25) is 5.91 Å². The molecule has 34 heavy (non-hydrogen) atoms. The predicted octanol–water partition coefficient (Wildman–Crippen LogP) is 2.28. The lowest BCUT2D eigenvalue weighted by atomic mass is 10.1. The second kappa shape index (κ2) is 13.0. The molecule has 0 spiro atoms. The first-order valence-electron chi connectivity index (χ1n) is 11.9. The summed E-state index contributed by atoms with van der Waals surface area (Å²) in [6, 6.07) is 13.3. The molecule has 1 aliphatic heterocycles. The zero-order valence-corrected chi connectivity index (χ0v) is 20.4. The Morgan fingerprint density at radius 1 is 0.882 bits per heavy atom. The molecular weight excluding hydrogens is 432 g/mol.